The molecule has 0 saturated heterocycles. The predicted molar refractivity (Wildman–Crippen MR) is 135 cm³/mol. The van der Waals surface area contributed by atoms with E-state index in [1.165, 1.54) is 22.7 Å². The minimum absolute atomic E-state index is 0.230. The van der Waals surface area contributed by atoms with Gasteiger partial charge >= 0.3 is 0 Å². The number of carbonyl (C=O) groups is 2. The normalized spacial score (nSPS) is 11.0. The molecule has 0 saturated carbocycles. The fourth-order valence-electron chi connectivity index (χ4n) is 3.47. The Morgan fingerprint density at radius 2 is 1.27 bits per heavy atom. The second-order valence-electron chi connectivity index (χ2n) is 7.29. The maximum atomic E-state index is 13.1. The number of hydrogen-bond acceptors (Lipinski definition) is 7. The number of anilines is 4. The van der Waals surface area contributed by atoms with Crippen molar-refractivity contribution in [1.29, 1.82) is 0 Å². The van der Waals surface area contributed by atoms with Crippen LogP contribution in [0, 0.1) is 0 Å². The van der Waals surface area contributed by atoms with E-state index < -0.39 is 0 Å². The number of benzene rings is 2. The molecule has 33 heavy (non-hydrogen) atoms. The van der Waals surface area contributed by atoms with E-state index in [0.29, 0.717) is 52.9 Å². The van der Waals surface area contributed by atoms with E-state index in [9.17, 15) is 14.4 Å². The molecule has 0 bridgehead atoms. The van der Waals surface area contributed by atoms with Gasteiger partial charge in [0.05, 0.1) is 25.5 Å². The van der Waals surface area contributed by atoms with Crippen LogP contribution in [0.4, 0.5) is 20.0 Å². The highest BCUT2D eigenvalue weighted by Gasteiger charge is 2.14. The second-order valence-corrected chi connectivity index (χ2v) is 9.52. The van der Waals surface area contributed by atoms with E-state index in [0.717, 1.165) is 0 Å². The number of nitrogens with two attached hydrogens (primary N) is 2. The Hall–Kier alpha value is -4.15. The molecular formula is C23H17N5O3S2. The summed E-state index contributed by atoms with van der Waals surface area (Å²) in [5.74, 6) is -0.639. The molecule has 0 aliphatic heterocycles. The number of amides is 2. The molecule has 2 aromatic carbocycles. The van der Waals surface area contributed by atoms with Crippen LogP contribution in [-0.2, 0) is 0 Å². The second kappa shape index (κ2) is 8.08. The van der Waals surface area contributed by atoms with Crippen LogP contribution < -0.4 is 27.5 Å². The minimum atomic E-state index is -0.334. The van der Waals surface area contributed by atoms with Crippen molar-refractivity contribution in [2.75, 3.05) is 22.1 Å². The lowest BCUT2D eigenvalue weighted by atomic mass is 10.1. The first-order valence-electron chi connectivity index (χ1n) is 9.80. The zero-order valence-corrected chi connectivity index (χ0v) is 18.6. The SMILES string of the molecule is Nc1ccc(NC(=O)c2ccc3c(=O)c4cc(C(=O)Nc5ccc(N)s5)ccc4[nH]c3c2)s1. The summed E-state index contributed by atoms with van der Waals surface area (Å²) < 4.78 is 0. The van der Waals surface area contributed by atoms with Gasteiger partial charge in [0.25, 0.3) is 11.8 Å². The fourth-order valence-corrected chi connectivity index (χ4v) is 4.81. The Bertz CT molecular complexity index is 1620. The Labute approximate surface area is 194 Å². The molecule has 0 unspecified atom stereocenters. The third kappa shape index (κ3) is 4.04. The number of hydrogen-bond donors (Lipinski definition) is 5. The van der Waals surface area contributed by atoms with Gasteiger partial charge in [-0.2, -0.15) is 0 Å². The van der Waals surface area contributed by atoms with Crippen LogP contribution in [0.15, 0.2) is 65.5 Å². The number of carbonyl (C=O) groups excluding carboxylic acids is 2. The van der Waals surface area contributed by atoms with Crippen LogP contribution in [0.3, 0.4) is 0 Å². The van der Waals surface area contributed by atoms with Gasteiger partial charge in [-0.25, -0.2) is 0 Å². The van der Waals surface area contributed by atoms with E-state index in [1.807, 2.05) is 0 Å². The molecule has 8 nitrogen and oxygen atoms in total. The quantitative estimate of drug-likeness (QED) is 0.244. The van der Waals surface area contributed by atoms with Crippen molar-refractivity contribution in [3.63, 3.8) is 0 Å². The highest BCUT2D eigenvalue weighted by molar-refractivity contribution is 7.20. The van der Waals surface area contributed by atoms with Crippen LogP contribution >= 0.6 is 22.7 Å². The number of pyridine rings is 1. The standard InChI is InChI=1S/C23H17N5O3S2/c24-17-5-7-19(32-17)27-22(30)11-2-4-15-14(9-11)21(29)13-3-1-12(10-16(13)26-15)23(31)28-20-8-6-18(25)33-20/h1-10H,24-25H2,(H,26,29)(H,27,30)(H,28,31). The van der Waals surface area contributed by atoms with Gasteiger partial charge in [0.15, 0.2) is 5.43 Å². The van der Waals surface area contributed by atoms with E-state index >= 15 is 0 Å². The first-order valence-corrected chi connectivity index (χ1v) is 11.4. The largest absolute Gasteiger partial charge is 0.391 e. The van der Waals surface area contributed by atoms with Gasteiger partial charge in [-0.1, -0.05) is 0 Å². The average molecular weight is 476 g/mol. The first kappa shape index (κ1) is 20.7. The molecule has 10 heteroatoms. The number of H-pyrrole nitrogens is 1. The molecule has 3 heterocycles. The molecule has 0 radical (unpaired) electrons. The number of aromatic amines is 1. The number of nitrogen functional groups attached to an aromatic ring is 2. The Kier molecular flexibility index (Phi) is 5.08. The van der Waals surface area contributed by atoms with Crippen LogP contribution in [0.25, 0.3) is 21.8 Å². The summed E-state index contributed by atoms with van der Waals surface area (Å²) in [6, 6.07) is 16.6. The molecule has 7 N–H and O–H groups in total. The first-order chi connectivity index (χ1) is 15.9. The highest BCUT2D eigenvalue weighted by atomic mass is 32.1. The van der Waals surface area contributed by atoms with E-state index in [-0.39, 0.29) is 17.2 Å². The fraction of sp³-hybridized carbons (Fsp3) is 0. The predicted octanol–water partition coefficient (Wildman–Crippen LogP) is 4.47. The van der Waals surface area contributed by atoms with Crippen molar-refractivity contribution in [2.45, 2.75) is 0 Å². The molecule has 5 aromatic rings. The van der Waals surface area contributed by atoms with Gasteiger partial charge in [0.1, 0.15) is 0 Å². The molecule has 164 valence electrons. The molecule has 0 spiro atoms. The van der Waals surface area contributed by atoms with Gasteiger partial charge in [0, 0.05) is 27.4 Å². The lowest BCUT2D eigenvalue weighted by molar-refractivity contribution is 0.101. The van der Waals surface area contributed by atoms with Crippen LogP contribution in [-0.4, -0.2) is 16.8 Å². The molecule has 0 aliphatic carbocycles. The molecule has 5 rings (SSSR count). The topological polar surface area (TPSA) is 143 Å². The average Bonchev–Trinajstić information content (AvgIpc) is 3.40. The van der Waals surface area contributed by atoms with Gasteiger partial charge in [-0.3, -0.25) is 14.4 Å². The maximum absolute atomic E-state index is 13.1. The number of thiophene rings is 2. The van der Waals surface area contributed by atoms with Gasteiger partial charge in [-0.15, -0.1) is 22.7 Å². The number of aromatic nitrogens is 1. The molecular weight excluding hydrogens is 458 g/mol. The molecule has 0 atom stereocenters. The lowest BCUT2D eigenvalue weighted by Gasteiger charge is -2.08. The smallest absolute Gasteiger partial charge is 0.256 e. The van der Waals surface area contributed by atoms with Gasteiger partial charge in [-0.05, 0) is 60.7 Å². The zero-order chi connectivity index (χ0) is 23.1. The van der Waals surface area contributed by atoms with Crippen molar-refractivity contribution < 1.29 is 9.59 Å². The summed E-state index contributed by atoms with van der Waals surface area (Å²) in [4.78, 5) is 41.5. The third-order valence-corrected chi connectivity index (χ3v) is 6.71. The van der Waals surface area contributed by atoms with Crippen LogP contribution in [0.5, 0.6) is 0 Å². The molecule has 0 fully saturated rings. The van der Waals surface area contributed by atoms with Crippen molar-refractivity contribution in [3.05, 3.63) is 82.0 Å². The lowest BCUT2D eigenvalue weighted by Crippen LogP contribution is -2.13. The van der Waals surface area contributed by atoms with Crippen LogP contribution in [0.1, 0.15) is 20.7 Å². The maximum Gasteiger partial charge on any atom is 0.256 e. The third-order valence-electron chi connectivity index (χ3n) is 5.05. The zero-order valence-electron chi connectivity index (χ0n) is 17.0. The summed E-state index contributed by atoms with van der Waals surface area (Å²) in [5.41, 5.74) is 13.0. The van der Waals surface area contributed by atoms with Crippen molar-refractivity contribution in [3.8, 4) is 0 Å². The summed E-state index contributed by atoms with van der Waals surface area (Å²) in [7, 11) is 0. The Morgan fingerprint density at radius 3 is 1.85 bits per heavy atom. The monoisotopic (exact) mass is 475 g/mol. The van der Waals surface area contributed by atoms with Crippen molar-refractivity contribution in [2.24, 2.45) is 0 Å². The van der Waals surface area contributed by atoms with Gasteiger partial charge < -0.3 is 27.1 Å². The highest BCUT2D eigenvalue weighted by Crippen LogP contribution is 2.26. The molecule has 3 aromatic heterocycles. The summed E-state index contributed by atoms with van der Waals surface area (Å²) in [6.45, 7) is 0. The van der Waals surface area contributed by atoms with E-state index in [2.05, 4.69) is 15.6 Å². The van der Waals surface area contributed by atoms with Gasteiger partial charge in [0.2, 0.25) is 0 Å². The Morgan fingerprint density at radius 1 is 0.697 bits per heavy atom. The number of rotatable bonds is 4. The summed E-state index contributed by atoms with van der Waals surface area (Å²) in [5, 5.41) is 8.84. The minimum Gasteiger partial charge on any atom is -0.391 e. The molecule has 2 amide bonds. The van der Waals surface area contributed by atoms with Crippen molar-refractivity contribution >= 4 is 76.3 Å². The summed E-state index contributed by atoms with van der Waals surface area (Å²) in [6.07, 6.45) is 0. The summed E-state index contributed by atoms with van der Waals surface area (Å²) >= 11 is 2.54. The number of fused-ring (bicyclic) bond motifs is 2. The van der Waals surface area contributed by atoms with Crippen LogP contribution in [0.2, 0.25) is 0 Å². The van der Waals surface area contributed by atoms with E-state index in [4.69, 9.17) is 11.5 Å². The molecule has 0 aliphatic rings. The van der Waals surface area contributed by atoms with E-state index in [1.54, 1.807) is 60.7 Å². The number of nitrogens with one attached hydrogen (secondary N) is 3. The van der Waals surface area contributed by atoms with Crippen molar-refractivity contribution in [1.82, 2.24) is 4.98 Å². The Balaban J connectivity index is 1.48.